The first-order valence-corrected chi connectivity index (χ1v) is 13.9. The van der Waals surface area contributed by atoms with E-state index >= 15 is 8.78 Å². The number of alkyl halides is 2. The Labute approximate surface area is 190 Å². The molecule has 0 unspecified atom stereocenters. The van der Waals surface area contributed by atoms with Gasteiger partial charge in [-0.05, 0) is 48.3 Å². The highest BCUT2D eigenvalue weighted by Crippen LogP contribution is 2.69. The standard InChI is InChI=1S/C17H21BrF2NO7PS2/c1-3-27-29(23,28-4-2)17(19,20)16-14(18)12-8-11(10-22)9-13(15(12)30-16)26-6-5-7-31(21,24)25/h8-10H,3-7H2,1-2H3,(H2,21,24,25). The van der Waals surface area contributed by atoms with E-state index in [0.29, 0.717) is 17.6 Å². The van der Waals surface area contributed by atoms with Crippen LogP contribution >= 0.6 is 34.9 Å². The molecule has 0 radical (unpaired) electrons. The Morgan fingerprint density at radius 2 is 1.87 bits per heavy atom. The molecule has 1 heterocycles. The topological polar surface area (TPSA) is 122 Å². The van der Waals surface area contributed by atoms with E-state index in [4.69, 9.17) is 18.9 Å². The number of benzene rings is 1. The molecule has 0 bridgehead atoms. The van der Waals surface area contributed by atoms with Crippen molar-refractivity contribution in [2.75, 3.05) is 25.6 Å². The lowest BCUT2D eigenvalue weighted by atomic mass is 10.1. The number of sulfonamides is 1. The Bertz CT molecular complexity index is 1100. The van der Waals surface area contributed by atoms with Gasteiger partial charge in [0.15, 0.2) is 0 Å². The van der Waals surface area contributed by atoms with Crippen molar-refractivity contribution >= 4 is 61.3 Å². The van der Waals surface area contributed by atoms with Crippen molar-refractivity contribution in [2.45, 2.75) is 25.9 Å². The molecule has 2 N–H and O–H groups in total. The SMILES string of the molecule is CCOP(=O)(OCC)C(F)(F)c1sc2c(OCCCS(N)(=O)=O)cc(C=O)cc2c1Br. The number of carbonyl (C=O) groups excluding carboxylic acids is 1. The zero-order chi connectivity index (χ0) is 23.4. The van der Waals surface area contributed by atoms with E-state index in [-0.39, 0.29) is 57.9 Å². The average Bonchev–Trinajstić information content (AvgIpc) is 3.02. The molecular formula is C17H21BrF2NO7PS2. The van der Waals surface area contributed by atoms with Gasteiger partial charge in [0.2, 0.25) is 10.0 Å². The molecule has 8 nitrogen and oxygen atoms in total. The second-order valence-electron chi connectivity index (χ2n) is 6.20. The van der Waals surface area contributed by atoms with Crippen molar-refractivity contribution < 1.29 is 40.3 Å². The zero-order valence-electron chi connectivity index (χ0n) is 16.6. The molecule has 174 valence electrons. The van der Waals surface area contributed by atoms with Gasteiger partial charge in [-0.3, -0.25) is 9.36 Å². The molecule has 0 saturated carbocycles. The first-order valence-electron chi connectivity index (χ1n) is 9.02. The Morgan fingerprint density at radius 3 is 2.39 bits per heavy atom. The third-order valence-corrected chi connectivity index (χ3v) is 9.39. The van der Waals surface area contributed by atoms with Crippen molar-refractivity contribution in [1.82, 2.24) is 0 Å². The second kappa shape index (κ2) is 10.3. The number of carbonyl (C=O) groups is 1. The Hall–Kier alpha value is -0.950. The lowest BCUT2D eigenvalue weighted by Gasteiger charge is -2.25. The highest BCUT2D eigenvalue weighted by molar-refractivity contribution is 9.10. The molecule has 0 spiro atoms. The van der Waals surface area contributed by atoms with Crippen molar-refractivity contribution in [1.29, 1.82) is 0 Å². The number of nitrogens with two attached hydrogens (primary N) is 1. The van der Waals surface area contributed by atoms with Crippen LogP contribution in [0.15, 0.2) is 16.6 Å². The minimum atomic E-state index is -4.85. The van der Waals surface area contributed by atoms with Gasteiger partial charge in [-0.25, -0.2) is 13.6 Å². The summed E-state index contributed by atoms with van der Waals surface area (Å²) in [6, 6.07) is 2.73. The van der Waals surface area contributed by atoms with Gasteiger partial charge in [0.25, 0.3) is 0 Å². The zero-order valence-corrected chi connectivity index (χ0v) is 20.7. The fraction of sp³-hybridized carbons (Fsp3) is 0.471. The normalized spacial score (nSPS) is 13.0. The number of thiophene rings is 1. The summed E-state index contributed by atoms with van der Waals surface area (Å²) in [5.74, 6) is -0.225. The molecule has 0 amide bonds. The van der Waals surface area contributed by atoms with Crippen LogP contribution in [0.5, 0.6) is 5.75 Å². The molecule has 0 fully saturated rings. The lowest BCUT2D eigenvalue weighted by Crippen LogP contribution is -2.18. The van der Waals surface area contributed by atoms with Crippen LogP contribution in [0.4, 0.5) is 8.78 Å². The fourth-order valence-electron chi connectivity index (χ4n) is 2.64. The van der Waals surface area contributed by atoms with Crippen LogP contribution in [0.1, 0.15) is 35.5 Å². The highest BCUT2D eigenvalue weighted by atomic mass is 79.9. The molecule has 0 aliphatic heterocycles. The molecule has 1 aromatic carbocycles. The summed E-state index contributed by atoms with van der Waals surface area (Å²) in [5.41, 5.74) is -3.83. The van der Waals surface area contributed by atoms with E-state index in [2.05, 4.69) is 15.9 Å². The Kier molecular flexibility index (Phi) is 8.76. The molecule has 1 aromatic heterocycles. The van der Waals surface area contributed by atoms with Crippen LogP contribution in [-0.4, -0.2) is 40.3 Å². The quantitative estimate of drug-likeness (QED) is 0.222. The number of aldehydes is 1. The first-order chi connectivity index (χ1) is 14.4. The van der Waals surface area contributed by atoms with Gasteiger partial charge >= 0.3 is 13.3 Å². The van der Waals surface area contributed by atoms with E-state index in [0.717, 1.165) is 0 Å². The number of fused-ring (bicyclic) bond motifs is 1. The summed E-state index contributed by atoms with van der Waals surface area (Å²) in [4.78, 5) is 10.7. The average molecular weight is 564 g/mol. The smallest absolute Gasteiger partial charge is 0.405 e. The van der Waals surface area contributed by atoms with Gasteiger partial charge in [0, 0.05) is 15.4 Å². The van der Waals surface area contributed by atoms with Crippen LogP contribution < -0.4 is 9.88 Å². The number of ether oxygens (including phenoxy) is 1. The van der Waals surface area contributed by atoms with Crippen molar-refractivity contribution in [3.8, 4) is 5.75 Å². The molecule has 14 heteroatoms. The number of rotatable bonds is 12. The molecule has 0 saturated heterocycles. The van der Waals surface area contributed by atoms with Gasteiger partial charge < -0.3 is 13.8 Å². The summed E-state index contributed by atoms with van der Waals surface area (Å²) >= 11 is 3.72. The van der Waals surface area contributed by atoms with E-state index in [1.807, 2.05) is 0 Å². The molecule has 0 atom stereocenters. The molecule has 2 rings (SSSR count). The fourth-order valence-corrected chi connectivity index (χ4v) is 7.17. The maximum Gasteiger partial charge on any atom is 0.405 e. The van der Waals surface area contributed by atoms with Crippen molar-refractivity contribution in [3.63, 3.8) is 0 Å². The number of hydrogen-bond acceptors (Lipinski definition) is 8. The summed E-state index contributed by atoms with van der Waals surface area (Å²) in [5, 5.41) is 5.19. The lowest BCUT2D eigenvalue weighted by molar-refractivity contribution is 0.0387. The largest absolute Gasteiger partial charge is 0.492 e. The molecule has 0 aliphatic rings. The maximum atomic E-state index is 15.3. The van der Waals surface area contributed by atoms with E-state index in [9.17, 15) is 17.8 Å². The summed E-state index contributed by atoms with van der Waals surface area (Å²) in [6.07, 6.45) is 0.578. The summed E-state index contributed by atoms with van der Waals surface area (Å²) in [7, 11) is -8.53. The van der Waals surface area contributed by atoms with Crippen LogP contribution in [0.3, 0.4) is 0 Å². The molecule has 2 aromatic rings. The minimum Gasteiger partial charge on any atom is -0.492 e. The summed E-state index contributed by atoms with van der Waals surface area (Å²) < 4.78 is 80.9. The van der Waals surface area contributed by atoms with Crippen LogP contribution in [0.25, 0.3) is 10.1 Å². The Balaban J connectivity index is 2.54. The molecule has 31 heavy (non-hydrogen) atoms. The van der Waals surface area contributed by atoms with Crippen molar-refractivity contribution in [2.24, 2.45) is 5.14 Å². The number of hydrogen-bond donors (Lipinski definition) is 1. The summed E-state index contributed by atoms with van der Waals surface area (Å²) in [6.45, 7) is 2.27. The van der Waals surface area contributed by atoms with Gasteiger partial charge in [-0.1, -0.05) is 0 Å². The predicted octanol–water partition coefficient (Wildman–Crippen LogP) is 4.85. The Morgan fingerprint density at radius 1 is 1.26 bits per heavy atom. The van der Waals surface area contributed by atoms with E-state index in [1.54, 1.807) is 0 Å². The number of halogens is 3. The van der Waals surface area contributed by atoms with Gasteiger partial charge in [-0.2, -0.15) is 8.78 Å². The van der Waals surface area contributed by atoms with Gasteiger partial charge in [0.1, 0.15) is 16.9 Å². The molecule has 0 aliphatic carbocycles. The predicted molar refractivity (Wildman–Crippen MR) is 118 cm³/mol. The minimum absolute atomic E-state index is 0.0606. The number of primary sulfonamides is 1. The van der Waals surface area contributed by atoms with Crippen LogP contribution in [0, 0.1) is 0 Å². The van der Waals surface area contributed by atoms with Crippen molar-refractivity contribution in [3.05, 3.63) is 27.0 Å². The van der Waals surface area contributed by atoms with Crippen LogP contribution in [-0.2, 0) is 29.3 Å². The van der Waals surface area contributed by atoms with E-state index in [1.165, 1.54) is 26.0 Å². The van der Waals surface area contributed by atoms with Gasteiger partial charge in [-0.15, -0.1) is 11.3 Å². The monoisotopic (exact) mass is 563 g/mol. The first kappa shape index (κ1) is 26.3. The third kappa shape index (κ3) is 5.89. The molecular weight excluding hydrogens is 543 g/mol. The highest BCUT2D eigenvalue weighted by Gasteiger charge is 2.57. The second-order valence-corrected chi connectivity index (χ2v) is 11.8. The van der Waals surface area contributed by atoms with Crippen LogP contribution in [0.2, 0.25) is 0 Å². The van der Waals surface area contributed by atoms with E-state index < -0.39 is 28.2 Å². The van der Waals surface area contributed by atoms with Gasteiger partial charge in [0.05, 0.1) is 30.3 Å². The third-order valence-electron chi connectivity index (χ3n) is 3.90. The maximum absolute atomic E-state index is 15.3.